The maximum Gasteiger partial charge on any atom is 0.246 e. The lowest BCUT2D eigenvalue weighted by atomic mass is 10.1. The Hall–Kier alpha value is -1.07. The predicted molar refractivity (Wildman–Crippen MR) is 74.2 cm³/mol. The van der Waals surface area contributed by atoms with Gasteiger partial charge in [-0.3, -0.25) is 9.59 Å². The highest BCUT2D eigenvalue weighted by molar-refractivity contribution is 7.16. The second-order valence-corrected chi connectivity index (χ2v) is 6.78. The van der Waals surface area contributed by atoms with E-state index in [1.54, 1.807) is 9.80 Å². The third-order valence-corrected chi connectivity index (χ3v) is 5.32. The molecule has 0 spiro atoms. The van der Waals surface area contributed by atoms with Gasteiger partial charge in [-0.1, -0.05) is 11.6 Å². The van der Waals surface area contributed by atoms with Crippen LogP contribution in [0.3, 0.4) is 0 Å². The monoisotopic (exact) mass is 298 g/mol. The van der Waals surface area contributed by atoms with Crippen LogP contribution in [0.25, 0.3) is 0 Å². The Labute approximate surface area is 120 Å². The van der Waals surface area contributed by atoms with E-state index in [1.807, 2.05) is 19.1 Å². The Balaban J connectivity index is 1.84. The number of halogens is 1. The van der Waals surface area contributed by atoms with Gasteiger partial charge in [-0.25, -0.2) is 0 Å². The summed E-state index contributed by atoms with van der Waals surface area (Å²) < 4.78 is 0.708. The van der Waals surface area contributed by atoms with Crippen molar-refractivity contribution >= 4 is 34.8 Å². The highest BCUT2D eigenvalue weighted by Gasteiger charge is 2.43. The van der Waals surface area contributed by atoms with Gasteiger partial charge >= 0.3 is 0 Å². The van der Waals surface area contributed by atoms with Crippen molar-refractivity contribution in [1.82, 2.24) is 9.80 Å². The fourth-order valence-corrected chi connectivity index (χ4v) is 3.99. The normalized spacial score (nSPS) is 24.8. The van der Waals surface area contributed by atoms with Gasteiger partial charge in [-0.15, -0.1) is 11.3 Å². The zero-order chi connectivity index (χ0) is 13.6. The number of hydrogen-bond donors (Lipinski definition) is 0. The first kappa shape index (κ1) is 12.9. The first-order chi connectivity index (χ1) is 9.08. The maximum atomic E-state index is 12.5. The summed E-state index contributed by atoms with van der Waals surface area (Å²) in [5.41, 5.74) is 0. The van der Waals surface area contributed by atoms with Crippen molar-refractivity contribution in [1.29, 1.82) is 0 Å². The summed E-state index contributed by atoms with van der Waals surface area (Å²) in [5.74, 6) is 0.144. The molecule has 102 valence electrons. The van der Waals surface area contributed by atoms with Crippen molar-refractivity contribution in [2.75, 3.05) is 13.1 Å². The lowest BCUT2D eigenvalue weighted by molar-refractivity contribution is -0.155. The minimum Gasteiger partial charge on any atom is -0.329 e. The van der Waals surface area contributed by atoms with Crippen LogP contribution < -0.4 is 0 Å². The molecule has 6 heteroatoms. The van der Waals surface area contributed by atoms with Gasteiger partial charge in [0, 0.05) is 11.4 Å². The van der Waals surface area contributed by atoms with Gasteiger partial charge in [0.25, 0.3) is 0 Å². The lowest BCUT2D eigenvalue weighted by Crippen LogP contribution is -2.57. The summed E-state index contributed by atoms with van der Waals surface area (Å²) in [5, 5.41) is 0. The lowest BCUT2D eigenvalue weighted by Gasteiger charge is -2.39. The summed E-state index contributed by atoms with van der Waals surface area (Å²) in [7, 11) is 0. The van der Waals surface area contributed by atoms with Crippen LogP contribution in [0.15, 0.2) is 12.1 Å². The number of thiophene rings is 1. The van der Waals surface area contributed by atoms with E-state index in [1.165, 1.54) is 11.3 Å². The Morgan fingerprint density at radius 1 is 1.42 bits per heavy atom. The van der Waals surface area contributed by atoms with Crippen molar-refractivity contribution in [2.24, 2.45) is 0 Å². The van der Waals surface area contributed by atoms with Crippen LogP contribution in [-0.4, -0.2) is 40.7 Å². The summed E-state index contributed by atoms with van der Waals surface area (Å²) in [6.45, 7) is 2.87. The third-order valence-electron chi connectivity index (χ3n) is 3.92. The number of amides is 2. The summed E-state index contributed by atoms with van der Waals surface area (Å²) in [6.07, 6.45) is 1.72. The van der Waals surface area contributed by atoms with E-state index in [0.717, 1.165) is 24.3 Å². The number of nitrogens with zero attached hydrogens (tertiary/aromatic N) is 2. The number of piperazine rings is 1. The Morgan fingerprint density at radius 2 is 2.21 bits per heavy atom. The molecule has 3 rings (SSSR count). The van der Waals surface area contributed by atoms with Crippen LogP contribution in [0.2, 0.25) is 4.34 Å². The average molecular weight is 299 g/mol. The van der Waals surface area contributed by atoms with Gasteiger partial charge in [-0.2, -0.15) is 0 Å². The summed E-state index contributed by atoms with van der Waals surface area (Å²) >= 11 is 7.40. The van der Waals surface area contributed by atoms with E-state index >= 15 is 0 Å². The van der Waals surface area contributed by atoms with Crippen LogP contribution >= 0.6 is 22.9 Å². The van der Waals surface area contributed by atoms with E-state index in [-0.39, 0.29) is 30.4 Å². The van der Waals surface area contributed by atoms with Gasteiger partial charge in [0.05, 0.1) is 10.4 Å². The topological polar surface area (TPSA) is 40.6 Å². The van der Waals surface area contributed by atoms with Gasteiger partial charge in [0.15, 0.2) is 0 Å². The molecule has 2 unspecified atom stereocenters. The van der Waals surface area contributed by atoms with E-state index in [4.69, 9.17) is 11.6 Å². The molecule has 2 aliphatic rings. The first-order valence-corrected chi connectivity index (χ1v) is 7.62. The van der Waals surface area contributed by atoms with Crippen molar-refractivity contribution in [3.63, 3.8) is 0 Å². The molecule has 0 aliphatic carbocycles. The molecule has 2 aliphatic heterocycles. The molecule has 0 bridgehead atoms. The second kappa shape index (κ2) is 4.80. The minimum atomic E-state index is -0.237. The summed E-state index contributed by atoms with van der Waals surface area (Å²) in [4.78, 5) is 29.0. The minimum absolute atomic E-state index is 0.0663. The molecule has 1 aromatic heterocycles. The molecule has 1 aromatic rings. The Bertz CT molecular complexity index is 530. The SMILES string of the molecule is CC(c1ccc(Cl)s1)N1CC(=O)N2CCCC2C1=O. The third kappa shape index (κ3) is 2.15. The van der Waals surface area contributed by atoms with Gasteiger partial charge < -0.3 is 9.80 Å². The van der Waals surface area contributed by atoms with Crippen molar-refractivity contribution < 1.29 is 9.59 Å². The molecule has 2 amide bonds. The van der Waals surface area contributed by atoms with Gasteiger partial charge in [-0.05, 0) is 31.9 Å². The van der Waals surface area contributed by atoms with E-state index in [9.17, 15) is 9.59 Å². The molecule has 19 heavy (non-hydrogen) atoms. The molecular weight excluding hydrogens is 284 g/mol. The fraction of sp³-hybridized carbons (Fsp3) is 0.538. The Kier molecular flexibility index (Phi) is 3.27. The highest BCUT2D eigenvalue weighted by atomic mass is 35.5. The summed E-state index contributed by atoms with van der Waals surface area (Å²) in [6, 6.07) is 3.43. The average Bonchev–Trinajstić information content (AvgIpc) is 3.01. The van der Waals surface area contributed by atoms with E-state index in [2.05, 4.69) is 0 Å². The molecule has 2 saturated heterocycles. The molecule has 2 fully saturated rings. The molecule has 0 N–H and O–H groups in total. The van der Waals surface area contributed by atoms with Crippen LogP contribution in [0, 0.1) is 0 Å². The van der Waals surface area contributed by atoms with Crippen molar-refractivity contribution in [2.45, 2.75) is 31.8 Å². The number of fused-ring (bicyclic) bond motifs is 1. The van der Waals surface area contributed by atoms with Crippen molar-refractivity contribution in [3.05, 3.63) is 21.3 Å². The molecule has 0 radical (unpaired) electrons. The quantitative estimate of drug-likeness (QED) is 0.840. The molecule has 0 aromatic carbocycles. The molecule has 0 saturated carbocycles. The number of carbonyl (C=O) groups is 2. The standard InChI is InChI=1S/C13H15ClN2O2S/c1-8(10-4-5-11(14)19-10)16-7-12(17)15-6-2-3-9(15)13(16)18/h4-5,8-9H,2-3,6-7H2,1H3. The number of carbonyl (C=O) groups excluding carboxylic acids is 2. The van der Waals surface area contributed by atoms with E-state index in [0.29, 0.717) is 4.34 Å². The molecular formula is C13H15ClN2O2S. The van der Waals surface area contributed by atoms with Crippen LogP contribution in [0.4, 0.5) is 0 Å². The largest absolute Gasteiger partial charge is 0.329 e. The van der Waals surface area contributed by atoms with Crippen molar-refractivity contribution in [3.8, 4) is 0 Å². The van der Waals surface area contributed by atoms with Gasteiger partial charge in [0.2, 0.25) is 11.8 Å². The fourth-order valence-electron chi connectivity index (χ4n) is 2.86. The zero-order valence-corrected chi connectivity index (χ0v) is 12.2. The van der Waals surface area contributed by atoms with E-state index < -0.39 is 0 Å². The smallest absolute Gasteiger partial charge is 0.246 e. The number of rotatable bonds is 2. The van der Waals surface area contributed by atoms with Crippen LogP contribution in [-0.2, 0) is 9.59 Å². The van der Waals surface area contributed by atoms with Crippen LogP contribution in [0.1, 0.15) is 30.7 Å². The Morgan fingerprint density at radius 3 is 2.89 bits per heavy atom. The number of hydrogen-bond acceptors (Lipinski definition) is 3. The predicted octanol–water partition coefficient (Wildman–Crippen LogP) is 2.30. The zero-order valence-electron chi connectivity index (χ0n) is 10.6. The second-order valence-electron chi connectivity index (χ2n) is 5.03. The maximum absolute atomic E-state index is 12.5. The molecule has 4 nitrogen and oxygen atoms in total. The van der Waals surface area contributed by atoms with Gasteiger partial charge in [0.1, 0.15) is 12.6 Å². The molecule has 2 atom stereocenters. The first-order valence-electron chi connectivity index (χ1n) is 6.43. The van der Waals surface area contributed by atoms with Crippen LogP contribution in [0.5, 0.6) is 0 Å². The molecule has 3 heterocycles. The highest BCUT2D eigenvalue weighted by Crippen LogP contribution is 2.33.